The molecule has 19 heteroatoms. The minimum absolute atomic E-state index is 0.249. The minimum Gasteiger partial charge on any atom is -0.394 e. The summed E-state index contributed by atoms with van der Waals surface area (Å²) in [5, 5.41) is 120. The zero-order valence-electron chi connectivity index (χ0n) is 46.2. The molecule has 0 aromatic carbocycles. The van der Waals surface area contributed by atoms with Crippen LogP contribution >= 0.6 is 0 Å². The molecule has 0 aliphatic carbocycles. The molecule has 17 unspecified atom stereocenters. The van der Waals surface area contributed by atoms with E-state index in [0.717, 1.165) is 57.8 Å². The number of nitrogens with one attached hydrogen (secondary N) is 1. The molecule has 3 saturated heterocycles. The molecule has 0 aromatic rings. The van der Waals surface area contributed by atoms with Crippen molar-refractivity contribution in [2.24, 2.45) is 0 Å². The van der Waals surface area contributed by atoms with Crippen molar-refractivity contribution in [3.63, 3.8) is 0 Å². The lowest BCUT2D eigenvalue weighted by Gasteiger charge is -2.48. The third-order valence-corrected chi connectivity index (χ3v) is 15.0. The van der Waals surface area contributed by atoms with Crippen LogP contribution in [0, 0.1) is 0 Å². The fourth-order valence-electron chi connectivity index (χ4n) is 10.1. The van der Waals surface area contributed by atoms with E-state index in [1.807, 2.05) is 0 Å². The molecule has 3 fully saturated rings. The van der Waals surface area contributed by atoms with Gasteiger partial charge in [-0.2, -0.15) is 0 Å². The topological polar surface area (TPSA) is 307 Å². The van der Waals surface area contributed by atoms with Crippen LogP contribution in [0.25, 0.3) is 0 Å². The van der Waals surface area contributed by atoms with Gasteiger partial charge in [-0.25, -0.2) is 0 Å². The summed E-state index contributed by atoms with van der Waals surface area (Å²) in [5.74, 6) is -0.249. The molecular formula is C57H105NO18. The van der Waals surface area contributed by atoms with Gasteiger partial charge in [-0.3, -0.25) is 4.79 Å². The zero-order valence-corrected chi connectivity index (χ0v) is 46.2. The Bertz CT molecular complexity index is 1490. The first-order valence-corrected chi connectivity index (χ1v) is 29.6. The highest BCUT2D eigenvalue weighted by molar-refractivity contribution is 5.76. The fraction of sp³-hybridized carbons (Fsp3) is 0.912. The lowest BCUT2D eigenvalue weighted by Crippen LogP contribution is -2.66. The van der Waals surface area contributed by atoms with Gasteiger partial charge in [-0.05, 0) is 44.9 Å². The lowest BCUT2D eigenvalue weighted by molar-refractivity contribution is -0.379. The molecule has 3 heterocycles. The van der Waals surface area contributed by atoms with Gasteiger partial charge in [-0.15, -0.1) is 0 Å². The number of aliphatic hydroxyl groups excluding tert-OH is 11. The Morgan fingerprint density at radius 3 is 1.34 bits per heavy atom. The van der Waals surface area contributed by atoms with Crippen LogP contribution in [-0.4, -0.2) is 193 Å². The molecule has 1 amide bonds. The number of ether oxygens (including phenoxy) is 6. The SMILES string of the molecule is CCCCCCC/C=C\C/C=C\CCCCCCCCCCCC(=O)NC(COC1OC(CO)C(OC2OC(CO)C(OC3OC(CO)C(O)C(O)C3O)C(O)C2O)C(O)C1O)C(O)CCCCCCCCCCCC. The average Bonchev–Trinajstić information content (AvgIpc) is 3.42. The van der Waals surface area contributed by atoms with Crippen molar-refractivity contribution in [3.8, 4) is 0 Å². The van der Waals surface area contributed by atoms with Crippen molar-refractivity contribution in [1.29, 1.82) is 0 Å². The summed E-state index contributed by atoms with van der Waals surface area (Å²) in [5.41, 5.74) is 0. The van der Waals surface area contributed by atoms with Gasteiger partial charge in [0.05, 0.1) is 38.6 Å². The minimum atomic E-state index is -1.97. The highest BCUT2D eigenvalue weighted by atomic mass is 16.8. The van der Waals surface area contributed by atoms with E-state index in [-0.39, 0.29) is 18.9 Å². The zero-order chi connectivity index (χ0) is 55.5. The first-order chi connectivity index (χ1) is 36.8. The molecular weight excluding hydrogens is 987 g/mol. The van der Waals surface area contributed by atoms with Crippen molar-refractivity contribution in [2.45, 2.75) is 304 Å². The quantitative estimate of drug-likeness (QED) is 0.0289. The normalized spacial score (nSPS) is 31.1. The van der Waals surface area contributed by atoms with E-state index in [2.05, 4.69) is 43.5 Å². The summed E-state index contributed by atoms with van der Waals surface area (Å²) in [7, 11) is 0. The second-order valence-corrected chi connectivity index (χ2v) is 21.5. The second-order valence-electron chi connectivity index (χ2n) is 21.5. The molecule has 446 valence electrons. The van der Waals surface area contributed by atoms with Crippen molar-refractivity contribution >= 4 is 5.91 Å². The molecule has 0 aromatic heterocycles. The first-order valence-electron chi connectivity index (χ1n) is 29.6. The second kappa shape index (κ2) is 41.3. The van der Waals surface area contributed by atoms with Crippen LogP contribution in [0.1, 0.15) is 200 Å². The molecule has 0 spiro atoms. The third-order valence-electron chi connectivity index (χ3n) is 15.0. The van der Waals surface area contributed by atoms with Gasteiger partial charge in [0.1, 0.15) is 73.2 Å². The maximum atomic E-state index is 13.3. The molecule has 0 radical (unpaired) electrons. The molecule has 3 rings (SSSR count). The fourth-order valence-corrected chi connectivity index (χ4v) is 10.1. The smallest absolute Gasteiger partial charge is 0.220 e. The lowest BCUT2D eigenvalue weighted by atomic mass is 9.96. The monoisotopic (exact) mass is 1090 g/mol. The van der Waals surface area contributed by atoms with Crippen molar-refractivity contribution in [3.05, 3.63) is 24.3 Å². The molecule has 3 aliphatic heterocycles. The van der Waals surface area contributed by atoms with Crippen LogP contribution in [-0.2, 0) is 33.2 Å². The molecule has 0 saturated carbocycles. The Kier molecular flexibility index (Phi) is 37.2. The molecule has 76 heavy (non-hydrogen) atoms. The first kappa shape index (κ1) is 68.5. The summed E-state index contributed by atoms with van der Waals surface area (Å²) >= 11 is 0. The number of unbranched alkanes of at least 4 members (excludes halogenated alkanes) is 23. The van der Waals surface area contributed by atoms with Gasteiger partial charge < -0.3 is 89.9 Å². The highest BCUT2D eigenvalue weighted by Crippen LogP contribution is 2.33. The van der Waals surface area contributed by atoms with Gasteiger partial charge in [-0.1, -0.05) is 173 Å². The predicted molar refractivity (Wildman–Crippen MR) is 286 cm³/mol. The van der Waals surface area contributed by atoms with Crippen molar-refractivity contribution in [1.82, 2.24) is 5.32 Å². The highest BCUT2D eigenvalue weighted by Gasteiger charge is 2.53. The number of carbonyl (C=O) groups is 1. The summed E-state index contributed by atoms with van der Waals surface area (Å²) in [6.45, 7) is 1.74. The van der Waals surface area contributed by atoms with Crippen LogP contribution in [0.15, 0.2) is 24.3 Å². The van der Waals surface area contributed by atoms with E-state index in [9.17, 15) is 61.0 Å². The number of carbonyl (C=O) groups excluding carboxylic acids is 1. The standard InChI is InChI=1S/C57H105NO18/c1-3-5-7-9-11-13-15-16-17-18-19-20-21-22-23-24-25-27-29-31-33-35-45(63)58-40(41(62)34-32-30-28-26-14-12-10-8-6-4-2)39-71-55-51(69)48(66)53(43(37-60)73-55)76-57-52(70)49(67)54(44(38-61)74-57)75-56-50(68)47(65)46(64)42(36-59)72-56/h15-16,18-19,40-44,46-57,59-62,64-70H,3-14,17,20-39H2,1-2H3,(H,58,63)/b16-15-,19-18-. The van der Waals surface area contributed by atoms with Crippen LogP contribution in [0.5, 0.6) is 0 Å². The molecule has 17 atom stereocenters. The molecule has 0 bridgehead atoms. The number of allylic oxidation sites excluding steroid dienone is 4. The Morgan fingerprint density at radius 1 is 0.474 bits per heavy atom. The van der Waals surface area contributed by atoms with E-state index in [1.165, 1.54) is 109 Å². The summed E-state index contributed by atoms with van der Waals surface area (Å²) < 4.78 is 34.2. The summed E-state index contributed by atoms with van der Waals surface area (Å²) in [4.78, 5) is 13.3. The Balaban J connectivity index is 1.47. The number of amides is 1. The van der Waals surface area contributed by atoms with Gasteiger partial charge in [0.2, 0.25) is 5.91 Å². The maximum Gasteiger partial charge on any atom is 0.220 e. The average molecular weight is 1090 g/mol. The van der Waals surface area contributed by atoms with E-state index < -0.39 is 124 Å². The predicted octanol–water partition coefficient (Wildman–Crippen LogP) is 4.76. The molecule has 19 nitrogen and oxygen atoms in total. The number of rotatable bonds is 43. The van der Waals surface area contributed by atoms with E-state index in [0.29, 0.717) is 12.8 Å². The molecule has 12 N–H and O–H groups in total. The van der Waals surface area contributed by atoms with Crippen molar-refractivity contribution < 1.29 is 89.4 Å². The van der Waals surface area contributed by atoms with Crippen LogP contribution in [0.4, 0.5) is 0 Å². The number of aliphatic hydroxyl groups is 11. The Labute approximate surface area is 454 Å². The van der Waals surface area contributed by atoms with Crippen molar-refractivity contribution in [2.75, 3.05) is 26.4 Å². The summed E-state index contributed by atoms with van der Waals surface area (Å²) in [6.07, 6.45) is 14.2. The number of hydrogen-bond donors (Lipinski definition) is 12. The third kappa shape index (κ3) is 25.4. The summed E-state index contributed by atoms with van der Waals surface area (Å²) in [6, 6.07) is -0.886. The van der Waals surface area contributed by atoms with Crippen LogP contribution in [0.2, 0.25) is 0 Å². The van der Waals surface area contributed by atoms with Gasteiger partial charge in [0, 0.05) is 6.42 Å². The van der Waals surface area contributed by atoms with Crippen LogP contribution < -0.4 is 5.32 Å². The maximum absolute atomic E-state index is 13.3. The van der Waals surface area contributed by atoms with Gasteiger partial charge >= 0.3 is 0 Å². The van der Waals surface area contributed by atoms with Gasteiger partial charge in [0.25, 0.3) is 0 Å². The molecule has 3 aliphatic rings. The van der Waals surface area contributed by atoms with E-state index >= 15 is 0 Å². The Morgan fingerprint density at radius 2 is 0.868 bits per heavy atom. The van der Waals surface area contributed by atoms with Crippen LogP contribution in [0.3, 0.4) is 0 Å². The largest absolute Gasteiger partial charge is 0.394 e. The van der Waals surface area contributed by atoms with E-state index in [1.54, 1.807) is 0 Å². The number of hydrogen-bond acceptors (Lipinski definition) is 18. The Hall–Kier alpha value is -1.73. The van der Waals surface area contributed by atoms with Gasteiger partial charge in [0.15, 0.2) is 18.9 Å². The van der Waals surface area contributed by atoms with E-state index in [4.69, 9.17) is 28.4 Å².